The van der Waals surface area contributed by atoms with Crippen LogP contribution in [-0.4, -0.2) is 30.1 Å². The molecule has 0 aromatic rings. The quantitative estimate of drug-likeness (QED) is 0.515. The van der Waals surface area contributed by atoms with E-state index in [0.717, 1.165) is 55.9 Å². The van der Waals surface area contributed by atoms with E-state index in [4.69, 9.17) is 4.74 Å². The topological polar surface area (TPSA) is 38.3 Å². The van der Waals surface area contributed by atoms with Crippen molar-refractivity contribution >= 4 is 5.78 Å². The Kier molecular flexibility index (Phi) is 4.69. The maximum Gasteiger partial charge on any atom is 0.155 e. The molecule has 2 saturated carbocycles. The van der Waals surface area contributed by atoms with Gasteiger partial charge in [0, 0.05) is 18.4 Å². The number of ether oxygens (including phenoxy) is 1. The second kappa shape index (κ2) is 7.03. The Bertz CT molecular complexity index is 857. The molecule has 1 N–H and O–H groups in total. The maximum absolute atomic E-state index is 12.1. The molecule has 0 bridgehead atoms. The van der Waals surface area contributed by atoms with E-state index in [1.54, 1.807) is 11.1 Å². The summed E-state index contributed by atoms with van der Waals surface area (Å²) in [5.74, 6) is 4.00. The minimum atomic E-state index is 0.0458. The molecule has 4 fully saturated rings. The summed E-state index contributed by atoms with van der Waals surface area (Å²) in [6.45, 7) is 10.9. The number of piperidine rings is 1. The van der Waals surface area contributed by atoms with Gasteiger partial charge in [-0.15, -0.1) is 0 Å². The van der Waals surface area contributed by atoms with Crippen LogP contribution >= 0.6 is 0 Å². The van der Waals surface area contributed by atoms with Crippen LogP contribution in [0.1, 0.15) is 85.5 Å². The molecule has 4 aliphatic carbocycles. The molecule has 0 radical (unpaired) electrons. The lowest BCUT2D eigenvalue weighted by atomic mass is 9.56. The number of nitrogens with one attached hydrogen (secondary N) is 1. The van der Waals surface area contributed by atoms with Gasteiger partial charge in [-0.1, -0.05) is 37.5 Å². The molecule has 3 heteroatoms. The van der Waals surface area contributed by atoms with E-state index in [1.165, 1.54) is 37.7 Å². The molecule has 1 spiro atoms. The normalized spacial score (nSPS) is 51.7. The van der Waals surface area contributed by atoms with Crippen molar-refractivity contribution in [3.05, 3.63) is 22.8 Å². The number of carbonyl (C=O) groups is 1. The molecule has 0 aromatic heterocycles. The van der Waals surface area contributed by atoms with E-state index in [0.29, 0.717) is 23.8 Å². The molecule has 2 heterocycles. The third-order valence-corrected chi connectivity index (χ3v) is 10.9. The smallest absolute Gasteiger partial charge is 0.155 e. The lowest BCUT2D eigenvalue weighted by Gasteiger charge is -2.48. The van der Waals surface area contributed by atoms with Crippen LogP contribution in [0, 0.1) is 35.0 Å². The third kappa shape index (κ3) is 2.94. The highest BCUT2D eigenvalue weighted by Crippen LogP contribution is 2.64. The van der Waals surface area contributed by atoms with Crippen LogP contribution in [0.4, 0.5) is 0 Å². The lowest BCUT2D eigenvalue weighted by molar-refractivity contribution is -0.116. The van der Waals surface area contributed by atoms with Crippen molar-refractivity contribution in [3.63, 3.8) is 0 Å². The Balaban J connectivity index is 1.30. The second-order valence-electron chi connectivity index (χ2n) is 12.5. The number of ketones is 1. The van der Waals surface area contributed by atoms with E-state index in [2.05, 4.69) is 33.0 Å². The summed E-state index contributed by atoms with van der Waals surface area (Å²) in [4.78, 5) is 12.1. The molecule has 170 valence electrons. The molecule has 3 nitrogen and oxygen atoms in total. The lowest BCUT2D eigenvalue weighted by Crippen LogP contribution is -2.48. The molecule has 6 rings (SSSR count). The average Bonchev–Trinajstić information content (AvgIpc) is 3.19. The summed E-state index contributed by atoms with van der Waals surface area (Å²) in [7, 11) is 0. The molecule has 2 aliphatic heterocycles. The van der Waals surface area contributed by atoms with Crippen molar-refractivity contribution in [2.45, 2.75) is 103 Å². The van der Waals surface area contributed by atoms with Crippen LogP contribution < -0.4 is 5.32 Å². The highest BCUT2D eigenvalue weighted by atomic mass is 16.5. The monoisotopic (exact) mass is 423 g/mol. The summed E-state index contributed by atoms with van der Waals surface area (Å²) in [6.07, 6.45) is 12.9. The van der Waals surface area contributed by atoms with Crippen molar-refractivity contribution in [1.82, 2.24) is 5.32 Å². The van der Waals surface area contributed by atoms with Crippen LogP contribution in [0.25, 0.3) is 0 Å². The zero-order valence-electron chi connectivity index (χ0n) is 20.0. The first-order chi connectivity index (χ1) is 14.8. The maximum atomic E-state index is 12.1. The van der Waals surface area contributed by atoms with Gasteiger partial charge in [-0.3, -0.25) is 4.79 Å². The van der Waals surface area contributed by atoms with E-state index in [-0.39, 0.29) is 11.0 Å². The Morgan fingerprint density at radius 1 is 1.16 bits per heavy atom. The Hall–Kier alpha value is -0.930. The van der Waals surface area contributed by atoms with Crippen molar-refractivity contribution < 1.29 is 9.53 Å². The van der Waals surface area contributed by atoms with Gasteiger partial charge in [0.25, 0.3) is 0 Å². The minimum Gasteiger partial charge on any atom is -0.369 e. The predicted molar refractivity (Wildman–Crippen MR) is 124 cm³/mol. The van der Waals surface area contributed by atoms with Gasteiger partial charge in [0.1, 0.15) is 0 Å². The molecule has 9 atom stereocenters. The minimum absolute atomic E-state index is 0.0458. The zero-order chi connectivity index (χ0) is 21.5. The fraction of sp³-hybridized carbons (Fsp3) is 0.821. The fourth-order valence-electron chi connectivity index (χ4n) is 9.13. The van der Waals surface area contributed by atoms with Gasteiger partial charge in [-0.2, -0.15) is 0 Å². The summed E-state index contributed by atoms with van der Waals surface area (Å²) in [6, 6.07) is 0.542. The SMILES string of the molecule is CC1=C2C[C@H]3C(CCC4=CC(=O)CC[C@@]43C)[C@@H]2CCC2(C1)O[C@@H]1C[C@H](C)CN[C@H]1[C@H]2C. The predicted octanol–water partition coefficient (Wildman–Crippen LogP) is 5.60. The third-order valence-electron chi connectivity index (χ3n) is 10.9. The van der Waals surface area contributed by atoms with Gasteiger partial charge in [0.05, 0.1) is 11.7 Å². The van der Waals surface area contributed by atoms with Crippen LogP contribution in [0.2, 0.25) is 0 Å². The number of fused-ring (bicyclic) bond motifs is 6. The highest BCUT2D eigenvalue weighted by molar-refractivity contribution is 5.91. The fourth-order valence-corrected chi connectivity index (χ4v) is 9.13. The highest BCUT2D eigenvalue weighted by Gasteiger charge is 2.58. The van der Waals surface area contributed by atoms with Crippen molar-refractivity contribution in [2.75, 3.05) is 6.54 Å². The van der Waals surface area contributed by atoms with E-state index < -0.39 is 0 Å². The number of carbonyl (C=O) groups excluding carboxylic acids is 1. The Labute approximate surface area is 188 Å². The molecule has 6 aliphatic rings. The molecule has 2 unspecified atom stereocenters. The molecule has 0 amide bonds. The summed E-state index contributed by atoms with van der Waals surface area (Å²) < 4.78 is 7.00. The standard InChI is InChI=1S/C28H41NO2/c1-16-11-25-26(29-15-16)18(3)28(31-25)10-8-21-22-6-5-19-12-20(30)7-9-27(19,4)24(22)13-23(21)17(2)14-28/h12,16,18,21-22,24-26,29H,5-11,13-15H2,1-4H3/t16-,18+,21-,22?,24-,25+,26-,27-,28?/m0/s1. The van der Waals surface area contributed by atoms with Gasteiger partial charge >= 0.3 is 0 Å². The van der Waals surface area contributed by atoms with Crippen LogP contribution in [0.3, 0.4) is 0 Å². The van der Waals surface area contributed by atoms with E-state index in [1.807, 2.05) is 6.08 Å². The average molecular weight is 424 g/mol. The molecular weight excluding hydrogens is 382 g/mol. The molecule has 0 aromatic carbocycles. The van der Waals surface area contributed by atoms with Gasteiger partial charge in [-0.25, -0.2) is 0 Å². The van der Waals surface area contributed by atoms with Crippen molar-refractivity contribution in [2.24, 2.45) is 35.0 Å². The molecule has 31 heavy (non-hydrogen) atoms. The first-order valence-corrected chi connectivity index (χ1v) is 13.1. The van der Waals surface area contributed by atoms with E-state index in [9.17, 15) is 4.79 Å². The zero-order valence-corrected chi connectivity index (χ0v) is 20.0. The van der Waals surface area contributed by atoms with Gasteiger partial charge < -0.3 is 10.1 Å². The largest absolute Gasteiger partial charge is 0.369 e. The second-order valence-corrected chi connectivity index (χ2v) is 12.5. The van der Waals surface area contributed by atoms with Gasteiger partial charge in [0.15, 0.2) is 5.78 Å². The summed E-state index contributed by atoms with van der Waals surface area (Å²) >= 11 is 0. The van der Waals surface area contributed by atoms with E-state index >= 15 is 0 Å². The number of hydrogen-bond acceptors (Lipinski definition) is 3. The molecule has 2 saturated heterocycles. The van der Waals surface area contributed by atoms with Crippen LogP contribution in [-0.2, 0) is 9.53 Å². The van der Waals surface area contributed by atoms with Crippen LogP contribution in [0.15, 0.2) is 22.8 Å². The Morgan fingerprint density at radius 3 is 2.84 bits per heavy atom. The van der Waals surface area contributed by atoms with Gasteiger partial charge in [0.2, 0.25) is 0 Å². The first-order valence-electron chi connectivity index (χ1n) is 13.1. The van der Waals surface area contributed by atoms with Gasteiger partial charge in [-0.05, 0) is 100.0 Å². The number of allylic oxidation sites excluding steroid dienone is 3. The first kappa shape index (κ1) is 20.7. The summed E-state index contributed by atoms with van der Waals surface area (Å²) in [5, 5.41) is 3.85. The van der Waals surface area contributed by atoms with Crippen molar-refractivity contribution in [1.29, 1.82) is 0 Å². The Morgan fingerprint density at radius 2 is 2.00 bits per heavy atom. The molecular formula is C28H41NO2. The van der Waals surface area contributed by atoms with Crippen molar-refractivity contribution in [3.8, 4) is 0 Å². The number of hydrogen-bond donors (Lipinski definition) is 1. The number of rotatable bonds is 0. The summed E-state index contributed by atoms with van der Waals surface area (Å²) in [5.41, 5.74) is 5.23. The van der Waals surface area contributed by atoms with Crippen LogP contribution in [0.5, 0.6) is 0 Å².